The maximum atomic E-state index is 12.1. The van der Waals surface area contributed by atoms with Gasteiger partial charge < -0.3 is 15.5 Å². The first-order valence-corrected chi connectivity index (χ1v) is 6.26. The van der Waals surface area contributed by atoms with Gasteiger partial charge in [0.25, 0.3) is 5.91 Å². The average Bonchev–Trinajstić information content (AvgIpc) is 3.02. The fourth-order valence-electron chi connectivity index (χ4n) is 1.87. The number of rotatable bonds is 3. The lowest BCUT2D eigenvalue weighted by Crippen LogP contribution is -2.11. The first-order valence-electron chi connectivity index (χ1n) is 6.26. The van der Waals surface area contributed by atoms with E-state index in [0.29, 0.717) is 22.8 Å². The molecular weight excluding hydrogens is 268 g/mol. The van der Waals surface area contributed by atoms with Crippen LogP contribution in [0.15, 0.2) is 59.3 Å². The summed E-state index contributed by atoms with van der Waals surface area (Å²) in [6, 6.07) is 13.9. The molecule has 0 radical (unpaired) electrons. The van der Waals surface area contributed by atoms with Crippen molar-refractivity contribution in [1.29, 1.82) is 0 Å². The van der Waals surface area contributed by atoms with Gasteiger partial charge in [-0.25, -0.2) is 0 Å². The lowest BCUT2D eigenvalue weighted by atomic mass is 10.1. The Labute approximate surface area is 120 Å². The highest BCUT2D eigenvalue weighted by molar-refractivity contribution is 6.04. The van der Waals surface area contributed by atoms with E-state index in [-0.39, 0.29) is 5.91 Å². The van der Waals surface area contributed by atoms with Gasteiger partial charge in [0.05, 0.1) is 0 Å². The van der Waals surface area contributed by atoms with E-state index in [0.717, 1.165) is 5.56 Å². The summed E-state index contributed by atoms with van der Waals surface area (Å²) < 4.78 is 5.13. The second-order valence-electron chi connectivity index (χ2n) is 4.40. The smallest absolute Gasteiger partial charge is 0.255 e. The molecule has 6 heteroatoms. The van der Waals surface area contributed by atoms with Gasteiger partial charge in [0.2, 0.25) is 12.3 Å². The molecule has 1 aromatic heterocycles. The Morgan fingerprint density at radius 1 is 1.14 bits per heavy atom. The maximum absolute atomic E-state index is 12.1. The van der Waals surface area contributed by atoms with Crippen molar-refractivity contribution < 1.29 is 9.21 Å². The van der Waals surface area contributed by atoms with E-state index in [9.17, 15) is 4.79 Å². The van der Waals surface area contributed by atoms with E-state index in [4.69, 9.17) is 10.2 Å². The van der Waals surface area contributed by atoms with E-state index in [1.54, 1.807) is 42.5 Å². The molecule has 1 amide bonds. The molecule has 2 aromatic carbocycles. The fourth-order valence-corrected chi connectivity index (χ4v) is 1.87. The molecule has 0 atom stereocenters. The third-order valence-corrected chi connectivity index (χ3v) is 2.90. The van der Waals surface area contributed by atoms with E-state index in [1.807, 2.05) is 6.07 Å². The standard InChI is InChI=1S/C15H12N4O2/c16-12-6-4-10(5-7-12)14(20)18-13-3-1-2-11(8-13)15-19-17-9-21-15/h1-9H,16H2,(H,18,20). The Kier molecular flexibility index (Phi) is 3.34. The van der Waals surface area contributed by atoms with Crippen molar-refractivity contribution >= 4 is 17.3 Å². The molecule has 0 saturated carbocycles. The van der Waals surface area contributed by atoms with Crippen LogP contribution in [0.2, 0.25) is 0 Å². The molecule has 0 aliphatic rings. The highest BCUT2D eigenvalue weighted by atomic mass is 16.4. The normalized spacial score (nSPS) is 10.3. The lowest BCUT2D eigenvalue weighted by Gasteiger charge is -2.06. The summed E-state index contributed by atoms with van der Waals surface area (Å²) in [6.07, 6.45) is 1.26. The monoisotopic (exact) mass is 280 g/mol. The maximum Gasteiger partial charge on any atom is 0.255 e. The summed E-state index contributed by atoms with van der Waals surface area (Å²) in [5.41, 5.74) is 8.13. The molecule has 0 spiro atoms. The largest absolute Gasteiger partial charge is 0.423 e. The summed E-state index contributed by atoms with van der Waals surface area (Å²) in [6.45, 7) is 0. The molecule has 0 fully saturated rings. The number of carbonyl (C=O) groups is 1. The Hall–Kier alpha value is -3.15. The van der Waals surface area contributed by atoms with Crippen molar-refractivity contribution in [3.63, 3.8) is 0 Å². The first kappa shape index (κ1) is 12.9. The molecule has 3 aromatic rings. The van der Waals surface area contributed by atoms with Gasteiger partial charge in [-0.1, -0.05) is 6.07 Å². The Morgan fingerprint density at radius 2 is 1.95 bits per heavy atom. The van der Waals surface area contributed by atoms with Gasteiger partial charge in [0.1, 0.15) is 0 Å². The molecule has 104 valence electrons. The molecule has 3 N–H and O–H groups in total. The van der Waals surface area contributed by atoms with Gasteiger partial charge in [-0.2, -0.15) is 0 Å². The van der Waals surface area contributed by atoms with Crippen molar-refractivity contribution in [1.82, 2.24) is 10.2 Å². The molecule has 6 nitrogen and oxygen atoms in total. The Bertz CT molecular complexity index is 752. The van der Waals surface area contributed by atoms with E-state index >= 15 is 0 Å². The molecule has 0 bridgehead atoms. The van der Waals surface area contributed by atoms with Crippen molar-refractivity contribution in [2.24, 2.45) is 0 Å². The van der Waals surface area contributed by atoms with E-state index < -0.39 is 0 Å². The van der Waals surface area contributed by atoms with Crippen LogP contribution in [0.1, 0.15) is 10.4 Å². The van der Waals surface area contributed by atoms with Crippen LogP contribution in [0.5, 0.6) is 0 Å². The molecule has 0 aliphatic carbocycles. The zero-order valence-corrected chi connectivity index (χ0v) is 11.0. The average molecular weight is 280 g/mol. The minimum Gasteiger partial charge on any atom is -0.423 e. The highest BCUT2D eigenvalue weighted by Crippen LogP contribution is 2.20. The quantitative estimate of drug-likeness (QED) is 0.719. The van der Waals surface area contributed by atoms with Crippen LogP contribution >= 0.6 is 0 Å². The number of nitrogens with zero attached hydrogens (tertiary/aromatic N) is 2. The van der Waals surface area contributed by atoms with Crippen LogP contribution in [0, 0.1) is 0 Å². The molecule has 0 saturated heterocycles. The summed E-state index contributed by atoms with van der Waals surface area (Å²) in [5, 5.41) is 10.3. The Balaban J connectivity index is 1.80. The molecule has 3 rings (SSSR count). The highest BCUT2D eigenvalue weighted by Gasteiger charge is 2.08. The van der Waals surface area contributed by atoms with Gasteiger partial charge in [-0.3, -0.25) is 4.79 Å². The van der Waals surface area contributed by atoms with Crippen molar-refractivity contribution in [2.75, 3.05) is 11.1 Å². The predicted octanol–water partition coefficient (Wildman–Crippen LogP) is 2.57. The number of aromatic nitrogens is 2. The number of nitrogens with one attached hydrogen (secondary N) is 1. The zero-order chi connectivity index (χ0) is 14.7. The summed E-state index contributed by atoms with van der Waals surface area (Å²) >= 11 is 0. The lowest BCUT2D eigenvalue weighted by molar-refractivity contribution is 0.102. The zero-order valence-electron chi connectivity index (χ0n) is 11.0. The number of hydrogen-bond acceptors (Lipinski definition) is 5. The Morgan fingerprint density at radius 3 is 2.67 bits per heavy atom. The van der Waals surface area contributed by atoms with Crippen LogP contribution in [-0.4, -0.2) is 16.1 Å². The molecule has 21 heavy (non-hydrogen) atoms. The topological polar surface area (TPSA) is 94.0 Å². The fraction of sp³-hybridized carbons (Fsp3) is 0. The number of nitrogens with two attached hydrogens (primary N) is 1. The van der Waals surface area contributed by atoms with Crippen LogP contribution in [-0.2, 0) is 0 Å². The minimum atomic E-state index is -0.210. The first-order chi connectivity index (χ1) is 10.2. The van der Waals surface area contributed by atoms with Crippen LogP contribution < -0.4 is 11.1 Å². The van der Waals surface area contributed by atoms with Gasteiger partial charge in [-0.05, 0) is 42.5 Å². The van der Waals surface area contributed by atoms with Crippen molar-refractivity contribution in [3.8, 4) is 11.5 Å². The number of carbonyl (C=O) groups excluding carboxylic acids is 1. The van der Waals surface area contributed by atoms with Crippen LogP contribution in [0.25, 0.3) is 11.5 Å². The number of anilines is 2. The molecule has 0 aliphatic heterocycles. The molecular formula is C15H12N4O2. The van der Waals surface area contributed by atoms with Gasteiger partial charge >= 0.3 is 0 Å². The number of hydrogen-bond donors (Lipinski definition) is 2. The third kappa shape index (κ3) is 2.89. The van der Waals surface area contributed by atoms with Crippen LogP contribution in [0.3, 0.4) is 0 Å². The number of amides is 1. The summed E-state index contributed by atoms with van der Waals surface area (Å²) in [7, 11) is 0. The minimum absolute atomic E-state index is 0.210. The summed E-state index contributed by atoms with van der Waals surface area (Å²) in [5.74, 6) is 0.191. The predicted molar refractivity (Wildman–Crippen MR) is 78.5 cm³/mol. The van der Waals surface area contributed by atoms with Gasteiger partial charge in [0.15, 0.2) is 0 Å². The summed E-state index contributed by atoms with van der Waals surface area (Å²) in [4.78, 5) is 12.1. The second-order valence-corrected chi connectivity index (χ2v) is 4.40. The van der Waals surface area contributed by atoms with Crippen LogP contribution in [0.4, 0.5) is 11.4 Å². The molecule has 0 unspecified atom stereocenters. The number of benzene rings is 2. The SMILES string of the molecule is Nc1ccc(C(=O)Nc2cccc(-c3nnco3)c2)cc1. The second kappa shape index (κ2) is 5.46. The van der Waals surface area contributed by atoms with E-state index in [1.165, 1.54) is 6.39 Å². The molecule has 1 heterocycles. The number of nitrogen functional groups attached to an aromatic ring is 1. The van der Waals surface area contributed by atoms with Gasteiger partial charge in [0, 0.05) is 22.5 Å². The van der Waals surface area contributed by atoms with E-state index in [2.05, 4.69) is 15.5 Å². The third-order valence-electron chi connectivity index (χ3n) is 2.90. The van der Waals surface area contributed by atoms with Crippen molar-refractivity contribution in [2.45, 2.75) is 0 Å². The van der Waals surface area contributed by atoms with Crippen molar-refractivity contribution in [3.05, 3.63) is 60.5 Å². The van der Waals surface area contributed by atoms with Gasteiger partial charge in [-0.15, -0.1) is 10.2 Å².